The number of thiazole rings is 1. The minimum absolute atomic E-state index is 0.226. The van der Waals surface area contributed by atoms with Crippen LogP contribution in [0.1, 0.15) is 16.5 Å². The Hall–Kier alpha value is -0.730. The van der Waals surface area contributed by atoms with Crippen molar-refractivity contribution in [3.8, 4) is 0 Å². The van der Waals surface area contributed by atoms with Gasteiger partial charge in [0, 0.05) is 23.7 Å². The van der Waals surface area contributed by atoms with Crippen molar-refractivity contribution >= 4 is 56.6 Å². The minimum Gasteiger partial charge on any atom is -0.322 e. The maximum atomic E-state index is 13.9. The van der Waals surface area contributed by atoms with Crippen LogP contribution in [0.4, 0.5) is 4.39 Å². The summed E-state index contributed by atoms with van der Waals surface area (Å²) < 4.78 is 16.5. The van der Waals surface area contributed by atoms with Crippen molar-refractivity contribution in [1.29, 1.82) is 0 Å². The van der Waals surface area contributed by atoms with E-state index in [9.17, 15) is 4.39 Å². The summed E-state index contributed by atoms with van der Waals surface area (Å²) in [5.41, 5.74) is 2.55. The average molecular weight is 436 g/mol. The molecule has 0 radical (unpaired) electrons. The van der Waals surface area contributed by atoms with Crippen molar-refractivity contribution in [2.24, 2.45) is 0 Å². The Morgan fingerprint density at radius 1 is 1.38 bits per heavy atom. The average Bonchev–Trinajstić information content (AvgIpc) is 2.97. The summed E-state index contributed by atoms with van der Waals surface area (Å²) in [4.78, 5) is 9.07. The Labute approximate surface area is 144 Å². The predicted molar refractivity (Wildman–Crippen MR) is 92.8 cm³/mol. The zero-order chi connectivity index (χ0) is 15.0. The molecule has 3 rings (SSSR count). The molecule has 0 aliphatic rings. The second-order valence-corrected chi connectivity index (χ2v) is 7.27. The van der Waals surface area contributed by atoms with Crippen LogP contribution >= 0.6 is 45.5 Å². The number of hydrogen-bond acceptors (Lipinski definition) is 3. The SMILES string of the molecule is Cc1nc(Cn2c(CCCl)nc3cc(I)c(F)cc32)cs1. The lowest BCUT2D eigenvalue weighted by Crippen LogP contribution is -2.06. The molecule has 3 aromatic rings. The Morgan fingerprint density at radius 3 is 2.86 bits per heavy atom. The first-order valence-corrected chi connectivity index (χ1v) is 8.89. The van der Waals surface area contributed by atoms with Crippen LogP contribution in [0, 0.1) is 16.3 Å². The highest BCUT2D eigenvalue weighted by molar-refractivity contribution is 14.1. The van der Waals surface area contributed by atoms with Gasteiger partial charge in [0.15, 0.2) is 0 Å². The number of aromatic nitrogens is 3. The van der Waals surface area contributed by atoms with Crippen LogP contribution in [-0.4, -0.2) is 20.4 Å². The van der Waals surface area contributed by atoms with E-state index in [1.54, 1.807) is 23.5 Å². The normalized spacial score (nSPS) is 11.4. The van der Waals surface area contributed by atoms with Crippen LogP contribution < -0.4 is 0 Å². The van der Waals surface area contributed by atoms with Gasteiger partial charge in [-0.25, -0.2) is 14.4 Å². The first-order valence-electron chi connectivity index (χ1n) is 6.39. The quantitative estimate of drug-likeness (QED) is 0.450. The zero-order valence-corrected chi connectivity index (χ0v) is 15.0. The summed E-state index contributed by atoms with van der Waals surface area (Å²) in [5.74, 6) is 1.13. The van der Waals surface area contributed by atoms with Crippen LogP contribution in [0.15, 0.2) is 17.5 Å². The standard InChI is InChI=1S/C14H12ClFIN3S/c1-8-18-9(7-21-8)6-20-13-4-10(16)11(17)5-12(13)19-14(20)2-3-15/h4-5,7H,2-3,6H2,1H3. The molecule has 3 nitrogen and oxygen atoms in total. The van der Waals surface area contributed by atoms with Gasteiger partial charge in [-0.05, 0) is 35.6 Å². The zero-order valence-electron chi connectivity index (χ0n) is 11.2. The smallest absolute Gasteiger partial charge is 0.138 e. The number of aryl methyl sites for hydroxylation is 2. The lowest BCUT2D eigenvalue weighted by Gasteiger charge is -2.07. The molecule has 0 amide bonds. The Morgan fingerprint density at radius 2 is 2.19 bits per heavy atom. The van der Waals surface area contributed by atoms with E-state index in [-0.39, 0.29) is 5.82 Å². The molecule has 1 aromatic carbocycles. The van der Waals surface area contributed by atoms with E-state index in [2.05, 4.69) is 9.97 Å². The van der Waals surface area contributed by atoms with Gasteiger partial charge in [0.2, 0.25) is 0 Å². The second-order valence-electron chi connectivity index (χ2n) is 4.67. The van der Waals surface area contributed by atoms with Crippen LogP contribution in [-0.2, 0) is 13.0 Å². The van der Waals surface area contributed by atoms with Crippen molar-refractivity contribution in [1.82, 2.24) is 14.5 Å². The third-order valence-corrected chi connectivity index (χ3v) is 5.01. The van der Waals surface area contributed by atoms with E-state index in [0.717, 1.165) is 27.6 Å². The molecule has 0 spiro atoms. The highest BCUT2D eigenvalue weighted by Crippen LogP contribution is 2.23. The maximum Gasteiger partial charge on any atom is 0.138 e. The molecule has 0 saturated carbocycles. The topological polar surface area (TPSA) is 30.7 Å². The van der Waals surface area contributed by atoms with E-state index < -0.39 is 0 Å². The van der Waals surface area contributed by atoms with E-state index in [1.165, 1.54) is 0 Å². The third-order valence-electron chi connectivity index (χ3n) is 3.17. The van der Waals surface area contributed by atoms with Crippen molar-refractivity contribution < 1.29 is 4.39 Å². The minimum atomic E-state index is -0.226. The number of alkyl halides is 1. The lowest BCUT2D eigenvalue weighted by molar-refractivity contribution is 0.620. The lowest BCUT2D eigenvalue weighted by atomic mass is 10.3. The highest BCUT2D eigenvalue weighted by atomic mass is 127. The molecule has 0 N–H and O–H groups in total. The van der Waals surface area contributed by atoms with Gasteiger partial charge in [-0.15, -0.1) is 22.9 Å². The van der Waals surface area contributed by atoms with Crippen molar-refractivity contribution in [3.63, 3.8) is 0 Å². The number of imidazole rings is 1. The summed E-state index contributed by atoms with van der Waals surface area (Å²) in [6.45, 7) is 2.56. The summed E-state index contributed by atoms with van der Waals surface area (Å²) in [7, 11) is 0. The first-order chi connectivity index (χ1) is 10.1. The van der Waals surface area contributed by atoms with Gasteiger partial charge < -0.3 is 4.57 Å². The highest BCUT2D eigenvalue weighted by Gasteiger charge is 2.14. The molecule has 0 aliphatic heterocycles. The van der Waals surface area contributed by atoms with Crippen LogP contribution in [0.5, 0.6) is 0 Å². The maximum absolute atomic E-state index is 13.9. The largest absolute Gasteiger partial charge is 0.322 e. The second kappa shape index (κ2) is 6.18. The van der Waals surface area contributed by atoms with Crippen molar-refractivity contribution in [2.45, 2.75) is 19.9 Å². The molecular weight excluding hydrogens is 424 g/mol. The Kier molecular flexibility index (Phi) is 4.46. The Balaban J connectivity index is 2.12. The third kappa shape index (κ3) is 3.07. The van der Waals surface area contributed by atoms with Gasteiger partial charge in [0.05, 0.1) is 31.8 Å². The van der Waals surface area contributed by atoms with Crippen molar-refractivity contribution in [3.05, 3.63) is 43.4 Å². The predicted octanol–water partition coefficient (Wildman–Crippen LogP) is 4.37. The molecule has 0 saturated heterocycles. The van der Waals surface area contributed by atoms with Gasteiger partial charge in [-0.2, -0.15) is 0 Å². The molecule has 2 heterocycles. The summed E-state index contributed by atoms with van der Waals surface area (Å²) in [6.07, 6.45) is 0.650. The monoisotopic (exact) mass is 435 g/mol. The van der Waals surface area contributed by atoms with Gasteiger partial charge in [0.1, 0.15) is 11.6 Å². The molecular formula is C14H12ClFIN3S. The van der Waals surface area contributed by atoms with Crippen LogP contribution in [0.2, 0.25) is 0 Å². The molecule has 110 valence electrons. The molecule has 0 aliphatic carbocycles. The van der Waals surface area contributed by atoms with Gasteiger partial charge in [-0.1, -0.05) is 0 Å². The number of nitrogens with zero attached hydrogens (tertiary/aromatic N) is 3. The van der Waals surface area contributed by atoms with E-state index in [4.69, 9.17) is 11.6 Å². The van der Waals surface area contributed by atoms with Gasteiger partial charge in [-0.3, -0.25) is 0 Å². The van der Waals surface area contributed by atoms with Gasteiger partial charge >= 0.3 is 0 Å². The molecule has 0 bridgehead atoms. The molecule has 0 unspecified atom stereocenters. The molecule has 21 heavy (non-hydrogen) atoms. The van der Waals surface area contributed by atoms with E-state index in [1.807, 2.05) is 39.5 Å². The number of halogens is 3. The number of rotatable bonds is 4. The summed E-state index contributed by atoms with van der Waals surface area (Å²) in [6, 6.07) is 3.31. The fourth-order valence-corrected chi connectivity index (χ4v) is 3.49. The number of hydrogen-bond donors (Lipinski definition) is 0. The van der Waals surface area contributed by atoms with Crippen molar-refractivity contribution in [2.75, 3.05) is 5.88 Å². The fourth-order valence-electron chi connectivity index (χ4n) is 2.26. The summed E-state index contributed by atoms with van der Waals surface area (Å²) >= 11 is 9.45. The molecule has 2 aromatic heterocycles. The van der Waals surface area contributed by atoms with Crippen LogP contribution in [0.25, 0.3) is 11.0 Å². The van der Waals surface area contributed by atoms with Gasteiger partial charge in [0.25, 0.3) is 0 Å². The summed E-state index contributed by atoms with van der Waals surface area (Å²) in [5, 5.41) is 3.04. The fraction of sp³-hybridized carbons (Fsp3) is 0.286. The van der Waals surface area contributed by atoms with E-state index >= 15 is 0 Å². The Bertz CT molecular complexity index is 799. The number of benzene rings is 1. The number of fused-ring (bicyclic) bond motifs is 1. The molecule has 0 fully saturated rings. The molecule has 0 atom stereocenters. The van der Waals surface area contributed by atoms with Crippen LogP contribution in [0.3, 0.4) is 0 Å². The first kappa shape index (κ1) is 15.2. The molecule has 7 heteroatoms. The van der Waals surface area contributed by atoms with E-state index in [0.29, 0.717) is 22.4 Å².